The minimum atomic E-state index is -0.0452. The molecular weight excluding hydrogens is 250 g/mol. The number of aromatic nitrogens is 1. The fourth-order valence-electron chi connectivity index (χ4n) is 1.80. The number of aliphatic hydroxyl groups excluding tert-OH is 1. The summed E-state index contributed by atoms with van der Waals surface area (Å²) in [6.45, 7) is 1.80. The van der Waals surface area contributed by atoms with Gasteiger partial charge in [0.15, 0.2) is 0 Å². The number of aryl methyl sites for hydroxylation is 1. The van der Waals surface area contributed by atoms with E-state index >= 15 is 0 Å². The molecule has 0 radical (unpaired) electrons. The summed E-state index contributed by atoms with van der Waals surface area (Å²) in [4.78, 5) is 4.34. The van der Waals surface area contributed by atoms with Crippen molar-refractivity contribution < 1.29 is 9.84 Å². The molecule has 18 heavy (non-hydrogen) atoms. The van der Waals surface area contributed by atoms with Crippen LogP contribution in [0.3, 0.4) is 0 Å². The summed E-state index contributed by atoms with van der Waals surface area (Å²) in [5.41, 5.74) is 3.29. The van der Waals surface area contributed by atoms with Crippen molar-refractivity contribution in [1.29, 1.82) is 0 Å². The normalized spacial score (nSPS) is 10.4. The molecule has 2 aromatic rings. The van der Waals surface area contributed by atoms with E-state index in [4.69, 9.17) is 16.3 Å². The summed E-state index contributed by atoms with van der Waals surface area (Å²) < 4.78 is 5.28. The molecule has 0 fully saturated rings. The molecule has 1 N–H and O–H groups in total. The SMILES string of the molecule is COc1nc(C)c(CO)cc1-c1cccc(Cl)c1. The second-order valence-corrected chi connectivity index (χ2v) is 4.39. The summed E-state index contributed by atoms with van der Waals surface area (Å²) >= 11 is 5.98. The van der Waals surface area contributed by atoms with Crippen molar-refractivity contribution in [2.75, 3.05) is 7.11 Å². The number of methoxy groups -OCH3 is 1. The summed E-state index contributed by atoms with van der Waals surface area (Å²) in [5.74, 6) is 0.534. The highest BCUT2D eigenvalue weighted by molar-refractivity contribution is 6.30. The average Bonchev–Trinajstić information content (AvgIpc) is 2.38. The predicted octanol–water partition coefficient (Wildman–Crippen LogP) is 3.21. The summed E-state index contributed by atoms with van der Waals surface area (Å²) in [6, 6.07) is 9.34. The van der Waals surface area contributed by atoms with Crippen molar-refractivity contribution in [3.05, 3.63) is 46.6 Å². The molecule has 1 aromatic carbocycles. The number of halogens is 1. The standard InChI is InChI=1S/C14H14ClNO2/c1-9-11(8-17)7-13(14(16-9)18-2)10-4-3-5-12(15)6-10/h3-7,17H,8H2,1-2H3. The van der Waals surface area contributed by atoms with Crippen molar-refractivity contribution >= 4 is 11.6 Å². The van der Waals surface area contributed by atoms with Gasteiger partial charge in [0.05, 0.1) is 13.7 Å². The zero-order chi connectivity index (χ0) is 13.1. The Labute approximate surface area is 111 Å². The molecule has 0 unspecified atom stereocenters. The maximum Gasteiger partial charge on any atom is 0.221 e. The van der Waals surface area contributed by atoms with Gasteiger partial charge in [0, 0.05) is 16.3 Å². The maximum atomic E-state index is 9.30. The Morgan fingerprint density at radius 2 is 2.11 bits per heavy atom. The highest BCUT2D eigenvalue weighted by atomic mass is 35.5. The second kappa shape index (κ2) is 5.38. The number of nitrogens with zero attached hydrogens (tertiary/aromatic N) is 1. The topological polar surface area (TPSA) is 42.4 Å². The fourth-order valence-corrected chi connectivity index (χ4v) is 1.99. The molecule has 0 spiro atoms. The van der Waals surface area contributed by atoms with Crippen LogP contribution in [-0.4, -0.2) is 17.2 Å². The van der Waals surface area contributed by atoms with E-state index in [0.29, 0.717) is 10.9 Å². The van der Waals surface area contributed by atoms with Gasteiger partial charge < -0.3 is 9.84 Å². The molecule has 0 saturated carbocycles. The third-order valence-electron chi connectivity index (χ3n) is 2.78. The monoisotopic (exact) mass is 263 g/mol. The second-order valence-electron chi connectivity index (χ2n) is 3.96. The van der Waals surface area contributed by atoms with E-state index in [2.05, 4.69) is 4.98 Å². The van der Waals surface area contributed by atoms with Gasteiger partial charge in [-0.2, -0.15) is 0 Å². The Morgan fingerprint density at radius 1 is 1.33 bits per heavy atom. The van der Waals surface area contributed by atoms with Gasteiger partial charge in [-0.3, -0.25) is 0 Å². The van der Waals surface area contributed by atoms with Gasteiger partial charge in [-0.1, -0.05) is 23.7 Å². The first-order valence-electron chi connectivity index (χ1n) is 5.57. The number of ether oxygens (including phenoxy) is 1. The highest BCUT2D eigenvalue weighted by Crippen LogP contribution is 2.31. The van der Waals surface area contributed by atoms with Crippen LogP contribution in [0.5, 0.6) is 5.88 Å². The number of benzene rings is 1. The lowest BCUT2D eigenvalue weighted by Crippen LogP contribution is -1.99. The Balaban J connectivity index is 2.61. The number of hydrogen-bond acceptors (Lipinski definition) is 3. The highest BCUT2D eigenvalue weighted by Gasteiger charge is 2.11. The molecule has 0 aliphatic rings. The van der Waals surface area contributed by atoms with Crippen molar-refractivity contribution in [3.8, 4) is 17.0 Å². The molecule has 0 saturated heterocycles. The zero-order valence-corrected chi connectivity index (χ0v) is 11.0. The van der Waals surface area contributed by atoms with E-state index in [0.717, 1.165) is 22.4 Å². The van der Waals surface area contributed by atoms with Crippen LogP contribution >= 0.6 is 11.6 Å². The van der Waals surface area contributed by atoms with Crippen LogP contribution in [0.4, 0.5) is 0 Å². The molecule has 4 heteroatoms. The maximum absolute atomic E-state index is 9.30. The number of aliphatic hydroxyl groups is 1. The quantitative estimate of drug-likeness (QED) is 0.925. The van der Waals surface area contributed by atoms with Gasteiger partial charge >= 0.3 is 0 Å². The van der Waals surface area contributed by atoms with Crippen molar-refractivity contribution in [2.45, 2.75) is 13.5 Å². The first-order chi connectivity index (χ1) is 8.65. The van der Waals surface area contributed by atoms with Crippen molar-refractivity contribution in [1.82, 2.24) is 4.98 Å². The average molecular weight is 264 g/mol. The van der Waals surface area contributed by atoms with Gasteiger partial charge in [-0.25, -0.2) is 4.98 Å². The lowest BCUT2D eigenvalue weighted by molar-refractivity contribution is 0.280. The van der Waals surface area contributed by atoms with Gasteiger partial charge in [-0.15, -0.1) is 0 Å². The largest absolute Gasteiger partial charge is 0.481 e. The first-order valence-corrected chi connectivity index (χ1v) is 5.95. The van der Waals surface area contributed by atoms with Crippen LogP contribution in [0.2, 0.25) is 5.02 Å². The van der Waals surface area contributed by atoms with E-state index in [9.17, 15) is 5.11 Å². The van der Waals surface area contributed by atoms with Gasteiger partial charge in [0.2, 0.25) is 5.88 Å². The molecule has 1 heterocycles. The van der Waals surface area contributed by atoms with Crippen LogP contribution in [0, 0.1) is 6.92 Å². The zero-order valence-electron chi connectivity index (χ0n) is 10.3. The smallest absolute Gasteiger partial charge is 0.221 e. The van der Waals surface area contributed by atoms with Crippen LogP contribution in [0.25, 0.3) is 11.1 Å². The van der Waals surface area contributed by atoms with Crippen molar-refractivity contribution in [2.24, 2.45) is 0 Å². The molecule has 1 aromatic heterocycles. The van der Waals surface area contributed by atoms with Gasteiger partial charge in [0.25, 0.3) is 0 Å². The van der Waals surface area contributed by atoms with E-state index in [1.54, 1.807) is 7.11 Å². The minimum Gasteiger partial charge on any atom is -0.481 e. The van der Waals surface area contributed by atoms with Crippen LogP contribution in [-0.2, 0) is 6.61 Å². The molecule has 0 aliphatic heterocycles. The minimum absolute atomic E-state index is 0.0452. The third-order valence-corrected chi connectivity index (χ3v) is 3.02. The summed E-state index contributed by atoms with van der Waals surface area (Å²) in [5, 5.41) is 9.95. The molecule has 2 rings (SSSR count). The first kappa shape index (κ1) is 12.9. The Bertz CT molecular complexity index is 570. The van der Waals surface area contributed by atoms with Gasteiger partial charge in [-0.05, 0) is 36.2 Å². The molecule has 94 valence electrons. The van der Waals surface area contributed by atoms with Crippen LogP contribution < -0.4 is 4.74 Å². The molecular formula is C14H14ClNO2. The van der Waals surface area contributed by atoms with E-state index in [1.165, 1.54) is 0 Å². The fraction of sp³-hybridized carbons (Fsp3) is 0.214. The molecule has 0 aliphatic carbocycles. The molecule has 0 amide bonds. The molecule has 3 nitrogen and oxygen atoms in total. The number of rotatable bonds is 3. The number of hydrogen-bond donors (Lipinski definition) is 1. The molecule has 0 atom stereocenters. The lowest BCUT2D eigenvalue weighted by Gasteiger charge is -2.11. The van der Waals surface area contributed by atoms with Crippen molar-refractivity contribution in [3.63, 3.8) is 0 Å². The third kappa shape index (κ3) is 2.47. The Hall–Kier alpha value is -1.58. The Kier molecular flexibility index (Phi) is 3.84. The van der Waals surface area contributed by atoms with E-state index in [1.807, 2.05) is 37.3 Å². The Morgan fingerprint density at radius 3 is 2.72 bits per heavy atom. The summed E-state index contributed by atoms with van der Waals surface area (Å²) in [6.07, 6.45) is 0. The van der Waals surface area contributed by atoms with E-state index < -0.39 is 0 Å². The number of pyridine rings is 1. The van der Waals surface area contributed by atoms with Gasteiger partial charge in [0.1, 0.15) is 0 Å². The summed E-state index contributed by atoms with van der Waals surface area (Å²) in [7, 11) is 1.58. The van der Waals surface area contributed by atoms with E-state index in [-0.39, 0.29) is 6.61 Å². The van der Waals surface area contributed by atoms with Crippen LogP contribution in [0.1, 0.15) is 11.3 Å². The molecule has 0 bridgehead atoms. The van der Waals surface area contributed by atoms with Crippen LogP contribution in [0.15, 0.2) is 30.3 Å². The lowest BCUT2D eigenvalue weighted by atomic mass is 10.0. The predicted molar refractivity (Wildman–Crippen MR) is 71.9 cm³/mol.